The predicted octanol–water partition coefficient (Wildman–Crippen LogP) is 5.03. The largest absolute Gasteiger partial charge is 0.494 e. The molecule has 3 aromatic rings. The van der Waals surface area contributed by atoms with Gasteiger partial charge in [0.2, 0.25) is 11.0 Å². The monoisotopic (exact) mass is 414 g/mol. The Labute approximate surface area is 172 Å². The second-order valence-corrected chi connectivity index (χ2v) is 8.29. The first-order valence-electron chi connectivity index (χ1n) is 8.87. The molecule has 8 heteroatoms. The van der Waals surface area contributed by atoms with E-state index in [-0.39, 0.29) is 11.7 Å². The van der Waals surface area contributed by atoms with Crippen molar-refractivity contribution >= 4 is 45.5 Å². The number of rotatable bonds is 8. The first kappa shape index (κ1) is 20.2. The van der Waals surface area contributed by atoms with Crippen molar-refractivity contribution in [3.63, 3.8) is 0 Å². The highest BCUT2D eigenvalue weighted by molar-refractivity contribution is 8.01. The topological polar surface area (TPSA) is 76.1 Å². The molecule has 1 amide bonds. The van der Waals surface area contributed by atoms with Gasteiger partial charge in [-0.05, 0) is 68.3 Å². The van der Waals surface area contributed by atoms with Gasteiger partial charge in [-0.25, -0.2) is 0 Å². The van der Waals surface area contributed by atoms with Crippen molar-refractivity contribution in [2.75, 3.05) is 23.0 Å². The quantitative estimate of drug-likeness (QED) is 0.504. The van der Waals surface area contributed by atoms with E-state index in [1.165, 1.54) is 34.2 Å². The van der Waals surface area contributed by atoms with Crippen LogP contribution in [0.25, 0.3) is 0 Å². The van der Waals surface area contributed by atoms with E-state index in [1.54, 1.807) is 0 Å². The Morgan fingerprint density at radius 1 is 1.07 bits per heavy atom. The summed E-state index contributed by atoms with van der Waals surface area (Å²) in [7, 11) is 0. The minimum Gasteiger partial charge on any atom is -0.494 e. The highest BCUT2D eigenvalue weighted by Gasteiger charge is 2.09. The number of benzene rings is 2. The maximum Gasteiger partial charge on any atom is 0.234 e. The van der Waals surface area contributed by atoms with E-state index in [2.05, 4.69) is 46.8 Å². The third-order valence-corrected chi connectivity index (χ3v) is 5.91. The van der Waals surface area contributed by atoms with E-state index in [9.17, 15) is 4.79 Å². The summed E-state index contributed by atoms with van der Waals surface area (Å²) >= 11 is 2.79. The zero-order valence-corrected chi connectivity index (χ0v) is 17.6. The summed E-state index contributed by atoms with van der Waals surface area (Å²) in [5.74, 6) is 0.964. The summed E-state index contributed by atoms with van der Waals surface area (Å²) < 4.78 is 6.14. The number of hydrogen-bond donors (Lipinski definition) is 2. The molecule has 28 heavy (non-hydrogen) atoms. The van der Waals surface area contributed by atoms with Crippen LogP contribution in [0.2, 0.25) is 0 Å². The average molecular weight is 415 g/mol. The molecule has 0 aliphatic carbocycles. The summed E-state index contributed by atoms with van der Waals surface area (Å²) in [6.45, 7) is 6.70. The summed E-state index contributed by atoms with van der Waals surface area (Å²) in [4.78, 5) is 12.1. The number of thioether (sulfide) groups is 1. The van der Waals surface area contributed by atoms with Gasteiger partial charge in [0.1, 0.15) is 5.75 Å². The minimum atomic E-state index is -0.0898. The Morgan fingerprint density at radius 3 is 2.54 bits per heavy atom. The van der Waals surface area contributed by atoms with Gasteiger partial charge in [-0.2, -0.15) is 0 Å². The van der Waals surface area contributed by atoms with E-state index in [1.807, 2.05) is 37.3 Å². The lowest BCUT2D eigenvalue weighted by Gasteiger charge is -2.06. The molecule has 0 fully saturated rings. The van der Waals surface area contributed by atoms with Crippen LogP contribution in [-0.4, -0.2) is 28.5 Å². The zero-order valence-electron chi connectivity index (χ0n) is 16.0. The van der Waals surface area contributed by atoms with Crippen LogP contribution in [0.15, 0.2) is 46.8 Å². The lowest BCUT2D eigenvalue weighted by atomic mass is 10.1. The number of aryl methyl sites for hydroxylation is 2. The first-order chi connectivity index (χ1) is 13.5. The maximum atomic E-state index is 12.1. The van der Waals surface area contributed by atoms with Crippen LogP contribution < -0.4 is 15.4 Å². The molecular formula is C20H22N4O2S2. The normalized spacial score (nSPS) is 10.5. The molecular weight excluding hydrogens is 392 g/mol. The molecule has 0 atom stereocenters. The van der Waals surface area contributed by atoms with Crippen molar-refractivity contribution in [1.82, 2.24) is 10.2 Å². The number of amides is 1. The molecule has 0 bridgehead atoms. The van der Waals surface area contributed by atoms with E-state index in [0.29, 0.717) is 11.7 Å². The standard InChI is InChI=1S/C20H22N4O2S2/c1-4-26-17-9-7-15(8-10-17)21-18(25)12-27-20-24-23-19(28-20)22-16-6-5-13(2)14(3)11-16/h5-11H,4,12H2,1-3H3,(H,21,25)(H,22,23). The van der Waals surface area contributed by atoms with Crippen LogP contribution in [0.4, 0.5) is 16.5 Å². The zero-order chi connectivity index (χ0) is 19.9. The van der Waals surface area contributed by atoms with Gasteiger partial charge in [0.25, 0.3) is 0 Å². The smallest absolute Gasteiger partial charge is 0.234 e. The van der Waals surface area contributed by atoms with E-state index in [0.717, 1.165) is 21.5 Å². The molecule has 146 valence electrons. The van der Waals surface area contributed by atoms with E-state index in [4.69, 9.17) is 4.74 Å². The van der Waals surface area contributed by atoms with E-state index < -0.39 is 0 Å². The van der Waals surface area contributed by atoms with Gasteiger partial charge in [-0.15, -0.1) is 10.2 Å². The Bertz CT molecular complexity index is 942. The molecule has 0 saturated heterocycles. The Morgan fingerprint density at radius 2 is 1.82 bits per heavy atom. The van der Waals surface area contributed by atoms with Crippen LogP contribution in [0.5, 0.6) is 5.75 Å². The van der Waals surface area contributed by atoms with Crippen molar-refractivity contribution in [2.24, 2.45) is 0 Å². The number of hydrogen-bond acceptors (Lipinski definition) is 7. The SMILES string of the molecule is CCOc1ccc(NC(=O)CSc2nnc(Nc3ccc(C)c(C)c3)s2)cc1. The summed E-state index contributed by atoms with van der Waals surface area (Å²) in [5, 5.41) is 15.1. The lowest BCUT2D eigenvalue weighted by Crippen LogP contribution is -2.13. The van der Waals surface area contributed by atoms with Crippen LogP contribution in [0, 0.1) is 13.8 Å². The number of aromatic nitrogens is 2. The highest BCUT2D eigenvalue weighted by Crippen LogP contribution is 2.28. The molecule has 0 saturated carbocycles. The number of carbonyl (C=O) groups excluding carboxylic acids is 1. The molecule has 1 heterocycles. The van der Waals surface area contributed by atoms with Crippen molar-refractivity contribution < 1.29 is 9.53 Å². The molecule has 0 unspecified atom stereocenters. The van der Waals surface area contributed by atoms with Gasteiger partial charge < -0.3 is 15.4 Å². The van der Waals surface area contributed by atoms with Gasteiger partial charge in [0, 0.05) is 11.4 Å². The van der Waals surface area contributed by atoms with Crippen LogP contribution in [-0.2, 0) is 4.79 Å². The third-order valence-electron chi connectivity index (χ3n) is 3.94. The Balaban J connectivity index is 1.49. The number of carbonyl (C=O) groups is 1. The van der Waals surface area contributed by atoms with Crippen molar-refractivity contribution in [2.45, 2.75) is 25.1 Å². The lowest BCUT2D eigenvalue weighted by molar-refractivity contribution is -0.113. The molecule has 0 aliphatic heterocycles. The molecule has 6 nitrogen and oxygen atoms in total. The maximum absolute atomic E-state index is 12.1. The molecule has 0 spiro atoms. The predicted molar refractivity (Wildman–Crippen MR) is 116 cm³/mol. The summed E-state index contributed by atoms with van der Waals surface area (Å²) in [5.41, 5.74) is 4.18. The number of nitrogens with one attached hydrogen (secondary N) is 2. The molecule has 3 rings (SSSR count). The van der Waals surface area contributed by atoms with Gasteiger partial charge >= 0.3 is 0 Å². The van der Waals surface area contributed by atoms with Gasteiger partial charge in [-0.3, -0.25) is 4.79 Å². The van der Waals surface area contributed by atoms with Gasteiger partial charge in [-0.1, -0.05) is 29.2 Å². The second kappa shape index (κ2) is 9.57. The third kappa shape index (κ3) is 5.71. The van der Waals surface area contributed by atoms with Gasteiger partial charge in [0.15, 0.2) is 4.34 Å². The second-order valence-electron chi connectivity index (χ2n) is 6.09. The fraction of sp³-hybridized carbons (Fsp3) is 0.250. The van der Waals surface area contributed by atoms with Crippen molar-refractivity contribution in [3.8, 4) is 5.75 Å². The number of anilines is 3. The summed E-state index contributed by atoms with van der Waals surface area (Å²) in [6.07, 6.45) is 0. The molecule has 1 aromatic heterocycles. The van der Waals surface area contributed by atoms with Crippen LogP contribution >= 0.6 is 23.1 Å². The van der Waals surface area contributed by atoms with E-state index >= 15 is 0 Å². The number of ether oxygens (including phenoxy) is 1. The highest BCUT2D eigenvalue weighted by atomic mass is 32.2. The van der Waals surface area contributed by atoms with Crippen LogP contribution in [0.1, 0.15) is 18.1 Å². The molecule has 0 aliphatic rings. The van der Waals surface area contributed by atoms with Crippen molar-refractivity contribution in [3.05, 3.63) is 53.6 Å². The molecule has 2 aromatic carbocycles. The average Bonchev–Trinajstić information content (AvgIpc) is 3.12. The van der Waals surface area contributed by atoms with Gasteiger partial charge in [0.05, 0.1) is 12.4 Å². The molecule has 2 N–H and O–H groups in total. The fourth-order valence-electron chi connectivity index (χ4n) is 2.39. The minimum absolute atomic E-state index is 0.0898. The fourth-order valence-corrected chi connectivity index (χ4v) is 3.96. The molecule has 0 radical (unpaired) electrons. The van der Waals surface area contributed by atoms with Crippen LogP contribution in [0.3, 0.4) is 0 Å². The Hall–Kier alpha value is -2.58. The first-order valence-corrected chi connectivity index (χ1v) is 10.7. The summed E-state index contributed by atoms with van der Waals surface area (Å²) in [6, 6.07) is 13.5. The Kier molecular flexibility index (Phi) is 6.89. The van der Waals surface area contributed by atoms with Crippen molar-refractivity contribution in [1.29, 1.82) is 0 Å². The number of nitrogens with zero attached hydrogens (tertiary/aromatic N) is 2.